The molecule has 0 unspecified atom stereocenters. The fraction of sp³-hybridized carbons (Fsp3) is 0. The fourth-order valence-electron chi connectivity index (χ4n) is 1.97. The van der Waals surface area contributed by atoms with Gasteiger partial charge in [-0.05, 0) is 53.9 Å². The van der Waals surface area contributed by atoms with Gasteiger partial charge in [0.05, 0.1) is 4.88 Å². The summed E-state index contributed by atoms with van der Waals surface area (Å²) in [5.41, 5.74) is 2.75. The predicted molar refractivity (Wildman–Crippen MR) is 96.1 cm³/mol. The van der Waals surface area contributed by atoms with Crippen LogP contribution in [0.25, 0.3) is 0 Å². The average molecular weight is 373 g/mol. The summed E-state index contributed by atoms with van der Waals surface area (Å²) in [6.45, 7) is 0. The van der Waals surface area contributed by atoms with Crippen LogP contribution in [0.1, 0.15) is 9.67 Å². The van der Waals surface area contributed by atoms with Gasteiger partial charge in [-0.3, -0.25) is 4.79 Å². The van der Waals surface area contributed by atoms with Crippen molar-refractivity contribution >= 4 is 50.2 Å². The molecule has 0 aliphatic rings. The van der Waals surface area contributed by atoms with Gasteiger partial charge in [-0.1, -0.05) is 28.1 Å². The van der Waals surface area contributed by atoms with Gasteiger partial charge in [0, 0.05) is 21.5 Å². The molecule has 3 aromatic rings. The molecule has 1 aromatic heterocycles. The molecule has 0 aliphatic heterocycles. The molecule has 0 spiro atoms. The van der Waals surface area contributed by atoms with E-state index in [2.05, 4.69) is 26.6 Å². The Morgan fingerprint density at radius 2 is 1.68 bits per heavy atom. The Labute approximate surface area is 141 Å². The van der Waals surface area contributed by atoms with Crippen molar-refractivity contribution < 1.29 is 4.79 Å². The number of amides is 1. The second-order valence-corrected chi connectivity index (χ2v) is 6.51. The summed E-state index contributed by atoms with van der Waals surface area (Å²) in [6.07, 6.45) is 0. The second kappa shape index (κ2) is 6.77. The van der Waals surface area contributed by atoms with Gasteiger partial charge in [-0.2, -0.15) is 0 Å². The maximum Gasteiger partial charge on any atom is 0.265 e. The molecule has 0 aliphatic carbocycles. The van der Waals surface area contributed by atoms with Crippen molar-refractivity contribution in [3.63, 3.8) is 0 Å². The lowest BCUT2D eigenvalue weighted by molar-refractivity contribution is 0.103. The van der Waals surface area contributed by atoms with Crippen LogP contribution in [0.15, 0.2) is 70.5 Å². The maximum atomic E-state index is 12.0. The highest BCUT2D eigenvalue weighted by Gasteiger charge is 2.06. The van der Waals surface area contributed by atoms with Gasteiger partial charge >= 0.3 is 0 Å². The smallest absolute Gasteiger partial charge is 0.265 e. The molecule has 0 fully saturated rings. The molecule has 1 heterocycles. The Hall–Kier alpha value is -2.11. The highest BCUT2D eigenvalue weighted by Crippen LogP contribution is 2.22. The van der Waals surface area contributed by atoms with Gasteiger partial charge in [0.2, 0.25) is 0 Å². The molecule has 0 bridgehead atoms. The first-order valence-corrected chi connectivity index (χ1v) is 8.35. The lowest BCUT2D eigenvalue weighted by Crippen LogP contribution is -2.09. The number of anilines is 3. The lowest BCUT2D eigenvalue weighted by Gasteiger charge is -2.08. The van der Waals surface area contributed by atoms with Crippen LogP contribution in [0.2, 0.25) is 0 Å². The number of carbonyl (C=O) groups excluding carboxylic acids is 1. The topological polar surface area (TPSA) is 41.1 Å². The fourth-order valence-corrected chi connectivity index (χ4v) is 2.99. The first kappa shape index (κ1) is 14.8. The molecule has 0 saturated carbocycles. The first-order valence-electron chi connectivity index (χ1n) is 6.68. The highest BCUT2D eigenvalue weighted by molar-refractivity contribution is 9.10. The van der Waals surface area contributed by atoms with E-state index in [4.69, 9.17) is 0 Å². The monoisotopic (exact) mass is 372 g/mol. The van der Waals surface area contributed by atoms with E-state index < -0.39 is 0 Å². The van der Waals surface area contributed by atoms with Crippen molar-refractivity contribution in [1.82, 2.24) is 0 Å². The van der Waals surface area contributed by atoms with Crippen molar-refractivity contribution in [1.29, 1.82) is 0 Å². The zero-order valence-electron chi connectivity index (χ0n) is 11.5. The van der Waals surface area contributed by atoms with Gasteiger partial charge in [0.15, 0.2) is 0 Å². The van der Waals surface area contributed by atoms with E-state index in [9.17, 15) is 4.79 Å². The number of benzene rings is 2. The van der Waals surface area contributed by atoms with Gasteiger partial charge < -0.3 is 10.6 Å². The molecule has 2 aromatic carbocycles. The highest BCUT2D eigenvalue weighted by atomic mass is 79.9. The van der Waals surface area contributed by atoms with E-state index in [0.29, 0.717) is 4.88 Å². The zero-order valence-corrected chi connectivity index (χ0v) is 13.9. The van der Waals surface area contributed by atoms with E-state index in [1.807, 2.05) is 66.0 Å². The Kier molecular flexibility index (Phi) is 4.56. The third-order valence-corrected chi connectivity index (χ3v) is 4.36. The molecule has 22 heavy (non-hydrogen) atoms. The number of hydrogen-bond acceptors (Lipinski definition) is 3. The maximum absolute atomic E-state index is 12.0. The van der Waals surface area contributed by atoms with Crippen molar-refractivity contribution in [3.05, 3.63) is 75.4 Å². The van der Waals surface area contributed by atoms with Crippen molar-refractivity contribution in [3.8, 4) is 0 Å². The van der Waals surface area contributed by atoms with E-state index in [1.54, 1.807) is 0 Å². The number of hydrogen-bond donors (Lipinski definition) is 2. The van der Waals surface area contributed by atoms with Gasteiger partial charge in [0.1, 0.15) is 0 Å². The minimum absolute atomic E-state index is 0.0808. The largest absolute Gasteiger partial charge is 0.355 e. The average Bonchev–Trinajstić information content (AvgIpc) is 3.04. The Morgan fingerprint density at radius 1 is 0.909 bits per heavy atom. The Morgan fingerprint density at radius 3 is 2.36 bits per heavy atom. The molecule has 3 rings (SSSR count). The van der Waals surface area contributed by atoms with Crippen LogP contribution >= 0.6 is 27.3 Å². The van der Waals surface area contributed by atoms with Crippen LogP contribution in [0, 0.1) is 0 Å². The van der Waals surface area contributed by atoms with Crippen LogP contribution in [-0.4, -0.2) is 5.91 Å². The minimum atomic E-state index is -0.0808. The van der Waals surface area contributed by atoms with E-state index in [-0.39, 0.29) is 5.91 Å². The van der Waals surface area contributed by atoms with Crippen LogP contribution < -0.4 is 10.6 Å². The Balaban J connectivity index is 1.66. The summed E-state index contributed by atoms with van der Waals surface area (Å²) in [6, 6.07) is 19.3. The molecule has 3 nitrogen and oxygen atoms in total. The molecule has 2 N–H and O–H groups in total. The quantitative estimate of drug-likeness (QED) is 0.634. The number of halogens is 1. The third kappa shape index (κ3) is 3.75. The zero-order chi connectivity index (χ0) is 15.4. The molecular weight excluding hydrogens is 360 g/mol. The van der Waals surface area contributed by atoms with E-state index in [0.717, 1.165) is 21.5 Å². The number of thiophene rings is 1. The molecule has 5 heteroatoms. The Bertz CT molecular complexity index is 770. The summed E-state index contributed by atoms with van der Waals surface area (Å²) in [5, 5.41) is 8.08. The van der Waals surface area contributed by atoms with Gasteiger partial charge in [-0.25, -0.2) is 0 Å². The number of nitrogens with one attached hydrogen (secondary N) is 2. The van der Waals surface area contributed by atoms with E-state index >= 15 is 0 Å². The van der Waals surface area contributed by atoms with Crippen molar-refractivity contribution in [2.75, 3.05) is 10.6 Å². The van der Waals surface area contributed by atoms with E-state index in [1.165, 1.54) is 11.3 Å². The van der Waals surface area contributed by atoms with Crippen LogP contribution in [0.3, 0.4) is 0 Å². The van der Waals surface area contributed by atoms with Gasteiger partial charge in [0.25, 0.3) is 5.91 Å². The summed E-state index contributed by atoms with van der Waals surface area (Å²) >= 11 is 4.87. The van der Waals surface area contributed by atoms with Crippen LogP contribution in [0.5, 0.6) is 0 Å². The number of rotatable bonds is 4. The third-order valence-electron chi connectivity index (χ3n) is 3.00. The molecular formula is C17H13BrN2OS. The standard InChI is InChI=1S/C17H13BrN2OS/c18-12-3-1-4-15(11-12)19-13-6-8-14(9-7-13)20-17(21)16-5-2-10-22-16/h1-11,19H,(H,20,21). The SMILES string of the molecule is O=C(Nc1ccc(Nc2cccc(Br)c2)cc1)c1cccs1. The lowest BCUT2D eigenvalue weighted by atomic mass is 10.2. The first-order chi connectivity index (χ1) is 10.7. The predicted octanol–water partition coefficient (Wildman–Crippen LogP) is 5.51. The molecule has 0 saturated heterocycles. The normalized spacial score (nSPS) is 10.2. The molecule has 0 radical (unpaired) electrons. The number of carbonyl (C=O) groups is 1. The molecule has 110 valence electrons. The van der Waals surface area contributed by atoms with Crippen molar-refractivity contribution in [2.24, 2.45) is 0 Å². The van der Waals surface area contributed by atoms with Crippen molar-refractivity contribution in [2.45, 2.75) is 0 Å². The van der Waals surface area contributed by atoms with Gasteiger partial charge in [-0.15, -0.1) is 11.3 Å². The second-order valence-electron chi connectivity index (χ2n) is 4.64. The van der Waals surface area contributed by atoms with Crippen LogP contribution in [-0.2, 0) is 0 Å². The van der Waals surface area contributed by atoms with Crippen LogP contribution in [0.4, 0.5) is 17.1 Å². The molecule has 1 amide bonds. The molecule has 0 atom stereocenters. The summed E-state index contributed by atoms with van der Waals surface area (Å²) in [5.74, 6) is -0.0808. The minimum Gasteiger partial charge on any atom is -0.355 e. The summed E-state index contributed by atoms with van der Waals surface area (Å²) in [7, 11) is 0. The summed E-state index contributed by atoms with van der Waals surface area (Å²) < 4.78 is 1.03. The summed E-state index contributed by atoms with van der Waals surface area (Å²) in [4.78, 5) is 12.7.